The van der Waals surface area contributed by atoms with Gasteiger partial charge in [0.05, 0.1) is 24.5 Å². The number of carbonyl (C=O) groups excluding carboxylic acids is 1. The topological polar surface area (TPSA) is 133 Å². The van der Waals surface area contributed by atoms with Crippen LogP contribution in [0.4, 0.5) is 0 Å². The predicted molar refractivity (Wildman–Crippen MR) is 88.9 cm³/mol. The highest BCUT2D eigenvalue weighted by Crippen LogP contribution is 2.42. The highest BCUT2D eigenvalue weighted by atomic mass is 32.3. The second-order valence-corrected chi connectivity index (χ2v) is 10.6. The number of ether oxygens (including phenoxy) is 1. The number of thiophene rings is 1. The molecule has 3 N–H and O–H groups in total. The molecule has 0 radical (unpaired) electrons. The van der Waals surface area contributed by atoms with E-state index in [9.17, 15) is 21.6 Å². The summed E-state index contributed by atoms with van der Waals surface area (Å²) in [6.07, 6.45) is 1.59. The molecule has 2 rings (SSSR count). The van der Waals surface area contributed by atoms with Gasteiger partial charge in [0.25, 0.3) is 0 Å². The van der Waals surface area contributed by atoms with Crippen LogP contribution in [0.15, 0.2) is 27.1 Å². The van der Waals surface area contributed by atoms with E-state index in [1.807, 2.05) is 0 Å². The van der Waals surface area contributed by atoms with E-state index in [-0.39, 0.29) is 39.5 Å². The van der Waals surface area contributed by atoms with E-state index in [0.717, 1.165) is 0 Å². The SMILES string of the molecule is C=CCOCC1CC(NC(C)=O)c2cc(S(N)(=O)=O)sc2S1(=O)=O. The van der Waals surface area contributed by atoms with Crippen LogP contribution in [0.3, 0.4) is 0 Å². The summed E-state index contributed by atoms with van der Waals surface area (Å²) in [7, 11) is -7.82. The molecule has 0 saturated carbocycles. The molecule has 1 aliphatic heterocycles. The molecular formula is C13H18N2O6S3. The third-order valence-electron chi connectivity index (χ3n) is 3.47. The van der Waals surface area contributed by atoms with Crippen LogP contribution in [0, 0.1) is 0 Å². The zero-order chi connectivity index (χ0) is 18.1. The molecule has 24 heavy (non-hydrogen) atoms. The number of primary sulfonamides is 1. The summed E-state index contributed by atoms with van der Waals surface area (Å²) >= 11 is 0.595. The first-order chi connectivity index (χ1) is 11.1. The lowest BCUT2D eigenvalue weighted by Crippen LogP contribution is -2.39. The Hall–Kier alpha value is -1.27. The summed E-state index contributed by atoms with van der Waals surface area (Å²) in [6, 6.07) is 0.596. The molecule has 0 fully saturated rings. The Morgan fingerprint density at radius 3 is 2.79 bits per heavy atom. The monoisotopic (exact) mass is 394 g/mol. The third-order valence-corrected chi connectivity index (χ3v) is 8.74. The Morgan fingerprint density at radius 1 is 1.58 bits per heavy atom. The van der Waals surface area contributed by atoms with Gasteiger partial charge < -0.3 is 10.1 Å². The summed E-state index contributed by atoms with van der Waals surface area (Å²) in [5.74, 6) is -0.348. The molecule has 2 atom stereocenters. The van der Waals surface area contributed by atoms with Gasteiger partial charge in [0.1, 0.15) is 8.42 Å². The maximum atomic E-state index is 12.7. The molecule has 1 aromatic heterocycles. The lowest BCUT2D eigenvalue weighted by molar-refractivity contribution is -0.119. The number of hydrogen-bond acceptors (Lipinski definition) is 7. The highest BCUT2D eigenvalue weighted by Gasteiger charge is 2.42. The summed E-state index contributed by atoms with van der Waals surface area (Å²) in [4.78, 5) is 11.4. The van der Waals surface area contributed by atoms with Crippen LogP contribution in [-0.2, 0) is 29.4 Å². The van der Waals surface area contributed by atoms with Crippen LogP contribution >= 0.6 is 11.3 Å². The molecular weight excluding hydrogens is 376 g/mol. The normalized spacial score (nSPS) is 22.6. The second-order valence-electron chi connectivity index (χ2n) is 5.34. The van der Waals surface area contributed by atoms with Crippen molar-refractivity contribution in [3.8, 4) is 0 Å². The number of amides is 1. The fourth-order valence-corrected chi connectivity index (χ4v) is 7.01. The molecule has 0 aliphatic carbocycles. The Kier molecular flexibility index (Phi) is 5.50. The first kappa shape index (κ1) is 19.1. The molecule has 0 spiro atoms. The molecule has 2 unspecified atom stereocenters. The molecule has 1 aliphatic rings. The largest absolute Gasteiger partial charge is 0.376 e. The number of hydrogen-bond donors (Lipinski definition) is 2. The molecule has 11 heteroatoms. The molecule has 134 valence electrons. The number of nitrogens with two attached hydrogens (primary N) is 1. The summed E-state index contributed by atoms with van der Waals surface area (Å²) < 4.78 is 53.5. The molecule has 0 aromatic carbocycles. The van der Waals surface area contributed by atoms with Crippen molar-refractivity contribution in [3.63, 3.8) is 0 Å². The van der Waals surface area contributed by atoms with Gasteiger partial charge in [0.2, 0.25) is 15.9 Å². The minimum Gasteiger partial charge on any atom is -0.376 e. The van der Waals surface area contributed by atoms with Crippen molar-refractivity contribution in [1.29, 1.82) is 0 Å². The van der Waals surface area contributed by atoms with Gasteiger partial charge in [-0.25, -0.2) is 22.0 Å². The maximum absolute atomic E-state index is 12.7. The average molecular weight is 394 g/mol. The number of fused-ring (bicyclic) bond motifs is 1. The van der Waals surface area contributed by atoms with E-state index in [0.29, 0.717) is 11.3 Å². The molecule has 2 heterocycles. The first-order valence-electron chi connectivity index (χ1n) is 6.93. The van der Waals surface area contributed by atoms with Crippen molar-refractivity contribution < 1.29 is 26.4 Å². The van der Waals surface area contributed by atoms with Gasteiger partial charge >= 0.3 is 0 Å². The molecule has 0 saturated heterocycles. The average Bonchev–Trinajstić information content (AvgIpc) is 2.90. The third kappa shape index (κ3) is 3.86. The maximum Gasteiger partial charge on any atom is 0.247 e. The van der Waals surface area contributed by atoms with E-state index >= 15 is 0 Å². The van der Waals surface area contributed by atoms with Gasteiger partial charge in [-0.3, -0.25) is 4.79 Å². The van der Waals surface area contributed by atoms with Crippen molar-refractivity contribution in [2.75, 3.05) is 13.2 Å². The van der Waals surface area contributed by atoms with E-state index in [1.54, 1.807) is 0 Å². The predicted octanol–water partition coefficient (Wildman–Crippen LogP) is 0.321. The van der Waals surface area contributed by atoms with Crippen molar-refractivity contribution in [3.05, 3.63) is 24.3 Å². The number of carbonyl (C=O) groups is 1. The fourth-order valence-electron chi connectivity index (χ4n) is 2.46. The van der Waals surface area contributed by atoms with Gasteiger partial charge in [-0.05, 0) is 12.5 Å². The van der Waals surface area contributed by atoms with Crippen LogP contribution < -0.4 is 10.5 Å². The van der Waals surface area contributed by atoms with E-state index < -0.39 is 31.2 Å². The highest BCUT2D eigenvalue weighted by molar-refractivity contribution is 7.95. The second kappa shape index (κ2) is 6.92. The van der Waals surface area contributed by atoms with Gasteiger partial charge in [0, 0.05) is 12.5 Å². The Bertz CT molecular complexity index is 856. The standard InChI is InChI=1S/C13H18N2O6S3/c1-3-4-21-7-9-5-11(15-8(2)16)10-6-12(24(14,19)20)22-13(10)23(9,17)18/h3,6,9,11H,1,4-5,7H2,2H3,(H,15,16)(H2,14,19,20). The number of rotatable bonds is 6. The lowest BCUT2D eigenvalue weighted by atomic mass is 10.0. The van der Waals surface area contributed by atoms with Crippen molar-refractivity contribution >= 4 is 37.1 Å². The van der Waals surface area contributed by atoms with Crippen LogP contribution in [0.2, 0.25) is 0 Å². The summed E-state index contributed by atoms with van der Waals surface area (Å²) in [5, 5.41) is 6.86. The van der Waals surface area contributed by atoms with Crippen molar-refractivity contribution in [2.24, 2.45) is 5.14 Å². The fraction of sp³-hybridized carbons (Fsp3) is 0.462. The Balaban J connectivity index is 2.50. The van der Waals surface area contributed by atoms with Gasteiger partial charge in [-0.2, -0.15) is 0 Å². The van der Waals surface area contributed by atoms with Crippen LogP contribution in [0.5, 0.6) is 0 Å². The minimum absolute atomic E-state index is 0.0769. The van der Waals surface area contributed by atoms with Crippen LogP contribution in [-0.4, -0.2) is 41.2 Å². The molecule has 8 nitrogen and oxygen atoms in total. The van der Waals surface area contributed by atoms with E-state index in [4.69, 9.17) is 9.88 Å². The molecule has 0 bridgehead atoms. The number of sulfone groups is 1. The smallest absolute Gasteiger partial charge is 0.247 e. The lowest BCUT2D eigenvalue weighted by Gasteiger charge is -2.29. The van der Waals surface area contributed by atoms with Gasteiger partial charge in [-0.1, -0.05) is 6.08 Å². The molecule has 1 amide bonds. The van der Waals surface area contributed by atoms with E-state index in [1.165, 1.54) is 19.1 Å². The van der Waals surface area contributed by atoms with Crippen LogP contribution in [0.1, 0.15) is 24.9 Å². The number of nitrogens with one attached hydrogen (secondary N) is 1. The number of sulfonamides is 1. The summed E-state index contributed by atoms with van der Waals surface area (Å²) in [6.45, 7) is 4.91. The Morgan fingerprint density at radius 2 is 2.25 bits per heavy atom. The minimum atomic E-state index is -4.04. The first-order valence-corrected chi connectivity index (χ1v) is 10.8. The zero-order valence-corrected chi connectivity index (χ0v) is 15.3. The molecule has 1 aromatic rings. The van der Waals surface area contributed by atoms with E-state index in [2.05, 4.69) is 11.9 Å². The summed E-state index contributed by atoms with van der Waals surface area (Å²) in [5.41, 5.74) is 0.249. The van der Waals surface area contributed by atoms with Crippen molar-refractivity contribution in [2.45, 2.75) is 33.1 Å². The quantitative estimate of drug-likeness (QED) is 0.527. The van der Waals surface area contributed by atoms with Crippen LogP contribution in [0.25, 0.3) is 0 Å². The Labute approximate surface area is 144 Å². The zero-order valence-electron chi connectivity index (χ0n) is 12.9. The van der Waals surface area contributed by atoms with Crippen molar-refractivity contribution in [1.82, 2.24) is 5.32 Å². The van der Waals surface area contributed by atoms with Gasteiger partial charge in [0.15, 0.2) is 9.84 Å². The van der Waals surface area contributed by atoms with Gasteiger partial charge in [-0.15, -0.1) is 17.9 Å².